The molecule has 15 heavy (non-hydrogen) atoms. The number of carbonyl (C=O) groups excluding carboxylic acids is 1. The van der Waals surface area contributed by atoms with Gasteiger partial charge in [-0.1, -0.05) is 19.1 Å². The van der Waals surface area contributed by atoms with Gasteiger partial charge in [0.15, 0.2) is 0 Å². The lowest BCUT2D eigenvalue weighted by atomic mass is 10.0. The molecule has 0 fully saturated rings. The lowest BCUT2D eigenvalue weighted by Gasteiger charge is -2.19. The summed E-state index contributed by atoms with van der Waals surface area (Å²) in [4.78, 5) is 11.2. The van der Waals surface area contributed by atoms with E-state index in [1.807, 2.05) is 12.1 Å². The van der Waals surface area contributed by atoms with Gasteiger partial charge < -0.3 is 10.1 Å². The van der Waals surface area contributed by atoms with Crippen molar-refractivity contribution in [3.8, 4) is 5.75 Å². The van der Waals surface area contributed by atoms with Crippen molar-refractivity contribution in [2.45, 2.75) is 26.3 Å². The maximum Gasteiger partial charge on any atom is 0.310 e. The molecule has 1 aliphatic heterocycles. The number of esters is 1. The molecule has 0 amide bonds. The third-order valence-electron chi connectivity index (χ3n) is 2.61. The Morgan fingerprint density at radius 1 is 1.53 bits per heavy atom. The minimum atomic E-state index is -0.165. The largest absolute Gasteiger partial charge is 0.426 e. The summed E-state index contributed by atoms with van der Waals surface area (Å²) in [6.45, 7) is 3.62. The second-order valence-electron chi connectivity index (χ2n) is 3.65. The zero-order valence-electron chi connectivity index (χ0n) is 8.88. The number of rotatable bonds is 2. The molecule has 1 aliphatic rings. The summed E-state index contributed by atoms with van der Waals surface area (Å²) in [5.74, 6) is 0.572. The molecule has 0 bridgehead atoms. The van der Waals surface area contributed by atoms with Crippen molar-refractivity contribution in [1.29, 1.82) is 0 Å². The molecule has 0 radical (unpaired) electrons. The van der Waals surface area contributed by atoms with E-state index in [1.165, 1.54) is 11.1 Å². The van der Waals surface area contributed by atoms with E-state index in [0.29, 0.717) is 6.42 Å². The van der Waals surface area contributed by atoms with Crippen LogP contribution >= 0.6 is 0 Å². The topological polar surface area (TPSA) is 38.3 Å². The maximum absolute atomic E-state index is 11.2. The first kappa shape index (κ1) is 10.2. The van der Waals surface area contributed by atoms with E-state index in [0.717, 1.165) is 25.3 Å². The molecular formula is C12H15NO2. The van der Waals surface area contributed by atoms with Crippen LogP contribution in [0.25, 0.3) is 0 Å². The van der Waals surface area contributed by atoms with Crippen molar-refractivity contribution in [2.75, 3.05) is 6.54 Å². The van der Waals surface area contributed by atoms with Crippen LogP contribution in [-0.4, -0.2) is 12.5 Å². The van der Waals surface area contributed by atoms with Crippen LogP contribution in [-0.2, 0) is 17.8 Å². The van der Waals surface area contributed by atoms with E-state index in [1.54, 1.807) is 6.92 Å². The number of nitrogens with one attached hydrogen (secondary N) is 1. The summed E-state index contributed by atoms with van der Waals surface area (Å²) in [6.07, 6.45) is 1.35. The molecule has 2 rings (SSSR count). The van der Waals surface area contributed by atoms with Crippen molar-refractivity contribution in [3.05, 3.63) is 29.3 Å². The van der Waals surface area contributed by atoms with Crippen LogP contribution in [0.1, 0.15) is 24.5 Å². The number of ether oxygens (including phenoxy) is 1. The highest BCUT2D eigenvalue weighted by molar-refractivity contribution is 5.72. The Hall–Kier alpha value is -1.35. The fraction of sp³-hybridized carbons (Fsp3) is 0.417. The van der Waals surface area contributed by atoms with Gasteiger partial charge in [-0.25, -0.2) is 0 Å². The molecule has 0 unspecified atom stereocenters. The van der Waals surface area contributed by atoms with Crippen molar-refractivity contribution >= 4 is 5.97 Å². The number of benzene rings is 1. The SMILES string of the molecule is CCC(=O)Oc1cccc2c1CCNC2. The normalized spacial score (nSPS) is 14.5. The average molecular weight is 205 g/mol. The van der Waals surface area contributed by atoms with Gasteiger partial charge in [0.25, 0.3) is 0 Å². The second kappa shape index (κ2) is 4.45. The molecule has 1 aromatic rings. The first-order valence-corrected chi connectivity index (χ1v) is 5.33. The van der Waals surface area contributed by atoms with E-state index < -0.39 is 0 Å². The standard InChI is InChI=1S/C12H15NO2/c1-2-12(14)15-11-5-3-4-9-8-13-7-6-10(9)11/h3-5,13H,2,6-8H2,1H3. The summed E-state index contributed by atoms with van der Waals surface area (Å²) in [7, 11) is 0. The molecule has 0 spiro atoms. The van der Waals surface area contributed by atoms with Crippen molar-refractivity contribution in [1.82, 2.24) is 5.32 Å². The van der Waals surface area contributed by atoms with Gasteiger partial charge in [-0.15, -0.1) is 0 Å². The Morgan fingerprint density at radius 3 is 3.20 bits per heavy atom. The van der Waals surface area contributed by atoms with Crippen LogP contribution < -0.4 is 10.1 Å². The smallest absolute Gasteiger partial charge is 0.310 e. The fourth-order valence-electron chi connectivity index (χ4n) is 1.79. The predicted octanol–water partition coefficient (Wildman–Crippen LogP) is 1.65. The van der Waals surface area contributed by atoms with Crippen molar-refractivity contribution in [3.63, 3.8) is 0 Å². The molecule has 0 atom stereocenters. The van der Waals surface area contributed by atoms with Crippen LogP contribution in [0, 0.1) is 0 Å². The number of fused-ring (bicyclic) bond motifs is 1. The molecule has 1 heterocycles. The molecule has 0 saturated carbocycles. The van der Waals surface area contributed by atoms with E-state index >= 15 is 0 Å². The molecule has 3 nitrogen and oxygen atoms in total. The van der Waals surface area contributed by atoms with Gasteiger partial charge in [-0.2, -0.15) is 0 Å². The van der Waals surface area contributed by atoms with Crippen molar-refractivity contribution < 1.29 is 9.53 Å². The van der Waals surface area contributed by atoms with Gasteiger partial charge in [0.1, 0.15) is 5.75 Å². The number of hydrogen-bond donors (Lipinski definition) is 1. The molecule has 0 aliphatic carbocycles. The van der Waals surface area contributed by atoms with Gasteiger partial charge in [0.05, 0.1) is 0 Å². The van der Waals surface area contributed by atoms with Crippen LogP contribution in [0.2, 0.25) is 0 Å². The monoisotopic (exact) mass is 205 g/mol. The molecule has 0 saturated heterocycles. The van der Waals surface area contributed by atoms with Crippen LogP contribution in [0.5, 0.6) is 5.75 Å². The molecular weight excluding hydrogens is 190 g/mol. The van der Waals surface area contributed by atoms with E-state index in [9.17, 15) is 4.79 Å². The van der Waals surface area contributed by atoms with Gasteiger partial charge in [0.2, 0.25) is 0 Å². The van der Waals surface area contributed by atoms with Gasteiger partial charge in [-0.3, -0.25) is 4.79 Å². The van der Waals surface area contributed by atoms with Gasteiger partial charge >= 0.3 is 5.97 Å². The average Bonchev–Trinajstić information content (AvgIpc) is 2.29. The quantitative estimate of drug-likeness (QED) is 0.589. The molecule has 1 aromatic carbocycles. The van der Waals surface area contributed by atoms with Crippen molar-refractivity contribution in [2.24, 2.45) is 0 Å². The Balaban J connectivity index is 2.27. The minimum absolute atomic E-state index is 0.165. The molecule has 3 heteroatoms. The molecule has 80 valence electrons. The van der Waals surface area contributed by atoms with Gasteiger partial charge in [-0.05, 0) is 24.6 Å². The van der Waals surface area contributed by atoms with E-state index in [-0.39, 0.29) is 5.97 Å². The lowest BCUT2D eigenvalue weighted by Crippen LogP contribution is -2.24. The zero-order chi connectivity index (χ0) is 10.7. The summed E-state index contributed by atoms with van der Waals surface area (Å²) in [5, 5.41) is 3.29. The van der Waals surface area contributed by atoms with Crippen LogP contribution in [0.15, 0.2) is 18.2 Å². The maximum atomic E-state index is 11.2. The first-order valence-electron chi connectivity index (χ1n) is 5.33. The Morgan fingerprint density at radius 2 is 2.40 bits per heavy atom. The third-order valence-corrected chi connectivity index (χ3v) is 2.61. The number of carbonyl (C=O) groups is 1. The third kappa shape index (κ3) is 2.18. The summed E-state index contributed by atoms with van der Waals surface area (Å²) < 4.78 is 5.30. The first-order chi connectivity index (χ1) is 7.31. The van der Waals surface area contributed by atoms with Gasteiger partial charge in [0, 0.05) is 18.5 Å². The molecule has 0 aromatic heterocycles. The highest BCUT2D eigenvalue weighted by Gasteiger charge is 2.14. The summed E-state index contributed by atoms with van der Waals surface area (Å²) in [5.41, 5.74) is 2.42. The van der Waals surface area contributed by atoms with E-state index in [4.69, 9.17) is 4.74 Å². The summed E-state index contributed by atoms with van der Waals surface area (Å²) in [6, 6.07) is 5.88. The van der Waals surface area contributed by atoms with E-state index in [2.05, 4.69) is 11.4 Å². The predicted molar refractivity (Wildman–Crippen MR) is 57.8 cm³/mol. The second-order valence-corrected chi connectivity index (χ2v) is 3.65. The number of hydrogen-bond acceptors (Lipinski definition) is 3. The summed E-state index contributed by atoms with van der Waals surface area (Å²) >= 11 is 0. The zero-order valence-corrected chi connectivity index (χ0v) is 8.88. The Labute approximate surface area is 89.4 Å². The Bertz CT molecular complexity index is 374. The van der Waals surface area contributed by atoms with Crippen LogP contribution in [0.3, 0.4) is 0 Å². The molecule has 1 N–H and O–H groups in total. The lowest BCUT2D eigenvalue weighted by molar-refractivity contribution is -0.134. The highest BCUT2D eigenvalue weighted by atomic mass is 16.5. The fourth-order valence-corrected chi connectivity index (χ4v) is 1.79. The minimum Gasteiger partial charge on any atom is -0.426 e. The highest BCUT2D eigenvalue weighted by Crippen LogP contribution is 2.25. The Kier molecular flexibility index (Phi) is 3.02. The van der Waals surface area contributed by atoms with Crippen LogP contribution in [0.4, 0.5) is 0 Å².